The molecule has 0 spiro atoms. The fraction of sp³-hybridized carbons (Fsp3) is 0.667. The van der Waals surface area contributed by atoms with E-state index in [4.69, 9.17) is 4.74 Å². The van der Waals surface area contributed by atoms with Gasteiger partial charge < -0.3 is 14.7 Å². The molecule has 0 aromatic heterocycles. The van der Waals surface area contributed by atoms with Crippen LogP contribution in [0.3, 0.4) is 0 Å². The zero-order chi connectivity index (χ0) is 15.4. The van der Waals surface area contributed by atoms with Gasteiger partial charge in [0.15, 0.2) is 0 Å². The van der Waals surface area contributed by atoms with Crippen molar-refractivity contribution in [1.82, 2.24) is 9.80 Å². The Balaban J connectivity index is 1.40. The van der Waals surface area contributed by atoms with Crippen LogP contribution in [0.2, 0.25) is 0 Å². The van der Waals surface area contributed by atoms with Gasteiger partial charge in [-0.2, -0.15) is 0 Å². The molecule has 2 heterocycles. The molecule has 0 saturated carbocycles. The molecule has 1 fully saturated rings. The Hall–Kier alpha value is -0.940. The standard InChI is InChI=1S/C18H28N2O2/c1-19-9-7-18(8-10-19)22-14-17(21)13-20-11-6-15-4-2-3-5-16(15)12-20/h2-5,17-18,21H,6-14H2,1H3. The molecule has 4 nitrogen and oxygen atoms in total. The van der Waals surface area contributed by atoms with Gasteiger partial charge in [0.2, 0.25) is 0 Å². The quantitative estimate of drug-likeness (QED) is 0.895. The summed E-state index contributed by atoms with van der Waals surface area (Å²) in [5.41, 5.74) is 2.85. The summed E-state index contributed by atoms with van der Waals surface area (Å²) < 4.78 is 5.90. The molecule has 122 valence electrons. The molecule has 0 aliphatic carbocycles. The molecule has 1 saturated heterocycles. The van der Waals surface area contributed by atoms with Crippen LogP contribution in [0, 0.1) is 0 Å². The zero-order valence-corrected chi connectivity index (χ0v) is 13.6. The first kappa shape index (κ1) is 15.9. The van der Waals surface area contributed by atoms with Crippen molar-refractivity contribution in [3.63, 3.8) is 0 Å². The van der Waals surface area contributed by atoms with E-state index in [0.717, 1.165) is 45.4 Å². The number of nitrogens with zero attached hydrogens (tertiary/aromatic N) is 2. The molecule has 0 radical (unpaired) electrons. The number of piperidine rings is 1. The highest BCUT2D eigenvalue weighted by atomic mass is 16.5. The molecule has 2 aliphatic rings. The Bertz CT molecular complexity index is 472. The number of benzene rings is 1. The molecule has 3 rings (SSSR count). The summed E-state index contributed by atoms with van der Waals surface area (Å²) in [5.74, 6) is 0. The first-order valence-electron chi connectivity index (χ1n) is 8.48. The average Bonchev–Trinajstić information content (AvgIpc) is 2.54. The van der Waals surface area contributed by atoms with Crippen molar-refractivity contribution in [3.05, 3.63) is 35.4 Å². The van der Waals surface area contributed by atoms with E-state index in [-0.39, 0.29) is 6.10 Å². The second kappa shape index (κ2) is 7.55. The van der Waals surface area contributed by atoms with Gasteiger partial charge in [0.05, 0.1) is 18.8 Å². The highest BCUT2D eigenvalue weighted by Crippen LogP contribution is 2.19. The van der Waals surface area contributed by atoms with Crippen LogP contribution in [0.25, 0.3) is 0 Å². The molecule has 0 amide bonds. The number of hydrogen-bond donors (Lipinski definition) is 1. The van der Waals surface area contributed by atoms with Gasteiger partial charge >= 0.3 is 0 Å². The van der Waals surface area contributed by atoms with Crippen LogP contribution in [0.1, 0.15) is 24.0 Å². The van der Waals surface area contributed by atoms with E-state index < -0.39 is 0 Å². The maximum Gasteiger partial charge on any atom is 0.0900 e. The van der Waals surface area contributed by atoms with Gasteiger partial charge in [-0.05, 0) is 37.4 Å². The van der Waals surface area contributed by atoms with Crippen LogP contribution >= 0.6 is 0 Å². The van der Waals surface area contributed by atoms with Gasteiger partial charge in [-0.25, -0.2) is 0 Å². The molecule has 1 atom stereocenters. The molecule has 1 N–H and O–H groups in total. The first-order chi connectivity index (χ1) is 10.7. The van der Waals surface area contributed by atoms with E-state index in [2.05, 4.69) is 41.1 Å². The van der Waals surface area contributed by atoms with Crippen LogP contribution in [0.4, 0.5) is 0 Å². The van der Waals surface area contributed by atoms with Gasteiger partial charge in [0.1, 0.15) is 0 Å². The summed E-state index contributed by atoms with van der Waals surface area (Å²) in [6.07, 6.45) is 3.19. The Labute approximate surface area is 133 Å². The minimum atomic E-state index is -0.384. The molecule has 1 unspecified atom stereocenters. The predicted molar refractivity (Wildman–Crippen MR) is 87.9 cm³/mol. The Morgan fingerprint density at radius 3 is 2.68 bits per heavy atom. The third kappa shape index (κ3) is 4.29. The first-order valence-corrected chi connectivity index (χ1v) is 8.48. The number of rotatable bonds is 5. The van der Waals surface area contributed by atoms with E-state index in [1.54, 1.807) is 0 Å². The van der Waals surface area contributed by atoms with Gasteiger partial charge in [0, 0.05) is 32.7 Å². The highest BCUT2D eigenvalue weighted by molar-refractivity contribution is 5.29. The predicted octanol–water partition coefficient (Wildman–Crippen LogP) is 1.52. The second-order valence-corrected chi connectivity index (χ2v) is 6.74. The summed E-state index contributed by atoms with van der Waals surface area (Å²) in [4.78, 5) is 4.67. The number of ether oxygens (including phenoxy) is 1. The molecule has 4 heteroatoms. The smallest absolute Gasteiger partial charge is 0.0900 e. The third-order valence-corrected chi connectivity index (χ3v) is 4.87. The summed E-state index contributed by atoms with van der Waals surface area (Å²) in [5, 5.41) is 10.3. The molecule has 22 heavy (non-hydrogen) atoms. The van der Waals surface area contributed by atoms with Crippen LogP contribution in [0.5, 0.6) is 0 Å². The van der Waals surface area contributed by atoms with Crippen LogP contribution < -0.4 is 0 Å². The third-order valence-electron chi connectivity index (χ3n) is 4.87. The number of likely N-dealkylation sites (tertiary alicyclic amines) is 1. The molecule has 1 aromatic rings. The fourth-order valence-electron chi connectivity index (χ4n) is 3.46. The fourth-order valence-corrected chi connectivity index (χ4v) is 3.46. The molecule has 0 bridgehead atoms. The van der Waals surface area contributed by atoms with Crippen LogP contribution in [0.15, 0.2) is 24.3 Å². The van der Waals surface area contributed by atoms with Crippen molar-refractivity contribution >= 4 is 0 Å². The number of aliphatic hydroxyl groups is 1. The van der Waals surface area contributed by atoms with E-state index in [0.29, 0.717) is 19.3 Å². The lowest BCUT2D eigenvalue weighted by molar-refractivity contribution is -0.0414. The Kier molecular flexibility index (Phi) is 5.47. The van der Waals surface area contributed by atoms with Crippen molar-refractivity contribution < 1.29 is 9.84 Å². The van der Waals surface area contributed by atoms with Gasteiger partial charge in [-0.1, -0.05) is 24.3 Å². The van der Waals surface area contributed by atoms with Crippen LogP contribution in [-0.4, -0.2) is 66.9 Å². The van der Waals surface area contributed by atoms with Crippen molar-refractivity contribution in [2.45, 2.75) is 38.0 Å². The Morgan fingerprint density at radius 1 is 1.18 bits per heavy atom. The molecular formula is C18H28N2O2. The highest BCUT2D eigenvalue weighted by Gasteiger charge is 2.21. The number of hydrogen-bond acceptors (Lipinski definition) is 4. The summed E-state index contributed by atoms with van der Waals surface area (Å²) in [6, 6.07) is 8.62. The van der Waals surface area contributed by atoms with Crippen molar-refractivity contribution in [2.75, 3.05) is 39.8 Å². The molecule has 2 aliphatic heterocycles. The number of β-amino-alcohol motifs (C(OH)–C–C–N with tert-alkyl or cyclic N) is 1. The maximum atomic E-state index is 10.3. The second-order valence-electron chi connectivity index (χ2n) is 6.74. The maximum absolute atomic E-state index is 10.3. The average molecular weight is 304 g/mol. The lowest BCUT2D eigenvalue weighted by Gasteiger charge is -2.32. The van der Waals surface area contributed by atoms with Gasteiger partial charge in [-0.15, -0.1) is 0 Å². The monoisotopic (exact) mass is 304 g/mol. The van der Waals surface area contributed by atoms with E-state index in [1.165, 1.54) is 11.1 Å². The summed E-state index contributed by atoms with van der Waals surface area (Å²) >= 11 is 0. The summed E-state index contributed by atoms with van der Waals surface area (Å²) in [6.45, 7) is 5.35. The lowest BCUT2D eigenvalue weighted by atomic mass is 10.00. The lowest BCUT2D eigenvalue weighted by Crippen LogP contribution is -2.40. The zero-order valence-electron chi connectivity index (χ0n) is 13.6. The largest absolute Gasteiger partial charge is 0.389 e. The van der Waals surface area contributed by atoms with E-state index >= 15 is 0 Å². The number of fused-ring (bicyclic) bond motifs is 1. The number of aliphatic hydroxyl groups excluding tert-OH is 1. The van der Waals surface area contributed by atoms with Crippen molar-refractivity contribution in [3.8, 4) is 0 Å². The minimum absolute atomic E-state index is 0.327. The SMILES string of the molecule is CN1CCC(OCC(O)CN2CCc3ccccc3C2)CC1. The van der Waals surface area contributed by atoms with Gasteiger partial charge in [0.25, 0.3) is 0 Å². The minimum Gasteiger partial charge on any atom is -0.389 e. The normalized spacial score (nSPS) is 22.5. The van der Waals surface area contributed by atoms with Crippen molar-refractivity contribution in [2.24, 2.45) is 0 Å². The van der Waals surface area contributed by atoms with E-state index in [9.17, 15) is 5.11 Å². The van der Waals surface area contributed by atoms with Crippen LogP contribution in [-0.2, 0) is 17.7 Å². The molecule has 1 aromatic carbocycles. The topological polar surface area (TPSA) is 35.9 Å². The van der Waals surface area contributed by atoms with E-state index in [1.807, 2.05) is 0 Å². The van der Waals surface area contributed by atoms with Gasteiger partial charge in [-0.3, -0.25) is 4.90 Å². The summed E-state index contributed by atoms with van der Waals surface area (Å²) in [7, 11) is 2.15. The van der Waals surface area contributed by atoms with Crippen molar-refractivity contribution in [1.29, 1.82) is 0 Å². The Morgan fingerprint density at radius 2 is 1.91 bits per heavy atom. The molecular weight excluding hydrogens is 276 g/mol.